The summed E-state index contributed by atoms with van der Waals surface area (Å²) >= 11 is 1.56. The highest BCUT2D eigenvalue weighted by molar-refractivity contribution is 7.12. The van der Waals surface area contributed by atoms with Gasteiger partial charge in [0.15, 0.2) is 0 Å². The minimum absolute atomic E-state index is 0. The number of benzene rings is 3. The maximum Gasteiger partial charge on any atom is 0.409 e. The van der Waals surface area contributed by atoms with E-state index in [1.165, 1.54) is 5.56 Å². The van der Waals surface area contributed by atoms with Gasteiger partial charge in [-0.2, -0.15) is 0 Å². The fraction of sp³-hybridized carbons (Fsp3) is 0.0385. The normalized spacial score (nSPS) is 9.56. The molecule has 0 saturated carbocycles. The first-order valence-electron chi connectivity index (χ1n) is 10.2. The van der Waals surface area contributed by atoms with Crippen LogP contribution in [0.15, 0.2) is 96.4 Å². The molecule has 6 nitrogen and oxygen atoms in total. The molecule has 0 spiro atoms. The van der Waals surface area contributed by atoms with Gasteiger partial charge in [-0.15, -0.1) is 23.7 Å². The van der Waals surface area contributed by atoms with Crippen LogP contribution in [0.5, 0.6) is 0 Å². The van der Waals surface area contributed by atoms with Crippen molar-refractivity contribution in [3.05, 3.63) is 114 Å². The van der Waals surface area contributed by atoms with E-state index in [0.717, 1.165) is 28.4 Å². The van der Waals surface area contributed by atoms with Crippen LogP contribution in [0.2, 0.25) is 0 Å². The largest absolute Gasteiger partial charge is 0.465 e. The molecule has 0 saturated heterocycles. The average Bonchev–Trinajstić information content (AvgIpc) is 3.37. The van der Waals surface area contributed by atoms with E-state index >= 15 is 0 Å². The van der Waals surface area contributed by atoms with Gasteiger partial charge in [-0.25, -0.2) is 4.79 Å². The second-order valence-electron chi connectivity index (χ2n) is 6.92. The van der Waals surface area contributed by atoms with E-state index in [1.807, 2.05) is 84.2 Å². The Morgan fingerprint density at radius 1 is 0.794 bits per heavy atom. The van der Waals surface area contributed by atoms with Gasteiger partial charge in [0.1, 0.15) is 5.84 Å². The lowest BCUT2D eigenvalue weighted by Gasteiger charge is -2.07. The Labute approximate surface area is 209 Å². The van der Waals surface area contributed by atoms with Crippen molar-refractivity contribution < 1.29 is 9.90 Å². The number of halogens is 1. The van der Waals surface area contributed by atoms with E-state index in [0.29, 0.717) is 11.5 Å². The van der Waals surface area contributed by atoms with Crippen molar-refractivity contribution in [2.45, 2.75) is 6.42 Å². The second kappa shape index (κ2) is 13.7. The van der Waals surface area contributed by atoms with Crippen molar-refractivity contribution in [1.82, 2.24) is 0 Å². The Kier molecular flexibility index (Phi) is 10.6. The van der Waals surface area contributed by atoms with E-state index in [1.54, 1.807) is 23.5 Å². The van der Waals surface area contributed by atoms with Gasteiger partial charge >= 0.3 is 6.09 Å². The summed E-state index contributed by atoms with van der Waals surface area (Å²) in [6.07, 6.45) is -0.267. The van der Waals surface area contributed by atoms with Crippen LogP contribution in [-0.4, -0.2) is 17.0 Å². The number of rotatable bonds is 6. The van der Waals surface area contributed by atoms with Crippen LogP contribution in [-0.2, 0) is 6.42 Å². The zero-order chi connectivity index (χ0) is 23.5. The van der Waals surface area contributed by atoms with Crippen molar-refractivity contribution in [3.63, 3.8) is 0 Å². The Balaban J connectivity index is 0.000000234. The van der Waals surface area contributed by atoms with Gasteiger partial charge in [-0.3, -0.25) is 10.7 Å². The highest BCUT2D eigenvalue weighted by atomic mass is 35.5. The number of thiophene rings is 1. The molecule has 5 N–H and O–H groups in total. The Hall–Kier alpha value is -3.81. The number of carboxylic acid groups (broad SMARTS) is 1. The lowest BCUT2D eigenvalue weighted by atomic mass is 10.1. The predicted molar refractivity (Wildman–Crippen MR) is 145 cm³/mol. The van der Waals surface area contributed by atoms with Gasteiger partial charge in [0.25, 0.3) is 0 Å². The van der Waals surface area contributed by atoms with Gasteiger partial charge < -0.3 is 15.7 Å². The summed E-state index contributed by atoms with van der Waals surface area (Å²) in [4.78, 5) is 11.4. The fourth-order valence-electron chi connectivity index (χ4n) is 2.83. The van der Waals surface area contributed by atoms with Crippen LogP contribution < -0.4 is 16.0 Å². The summed E-state index contributed by atoms with van der Waals surface area (Å²) < 4.78 is 0. The van der Waals surface area contributed by atoms with E-state index in [9.17, 15) is 4.79 Å². The van der Waals surface area contributed by atoms with Gasteiger partial charge in [0.05, 0.1) is 4.88 Å². The molecule has 0 aliphatic heterocycles. The first kappa shape index (κ1) is 26.4. The van der Waals surface area contributed by atoms with Gasteiger partial charge in [-0.05, 0) is 78.9 Å². The average molecular weight is 494 g/mol. The summed E-state index contributed by atoms with van der Waals surface area (Å²) in [5.41, 5.74) is 4.60. The van der Waals surface area contributed by atoms with E-state index in [-0.39, 0.29) is 12.4 Å². The number of para-hydroxylation sites is 1. The molecule has 3 aromatic carbocycles. The third-order valence-electron chi connectivity index (χ3n) is 4.48. The summed E-state index contributed by atoms with van der Waals surface area (Å²) in [5, 5.41) is 26.9. The van der Waals surface area contributed by atoms with Crippen molar-refractivity contribution in [3.8, 4) is 0 Å². The molecule has 0 fully saturated rings. The van der Waals surface area contributed by atoms with Crippen molar-refractivity contribution in [1.29, 1.82) is 5.41 Å². The Morgan fingerprint density at radius 2 is 1.35 bits per heavy atom. The van der Waals surface area contributed by atoms with Crippen LogP contribution in [0, 0.1) is 12.3 Å². The number of amides is 1. The number of hydrogen-bond acceptors (Lipinski definition) is 4. The molecule has 0 aliphatic carbocycles. The summed E-state index contributed by atoms with van der Waals surface area (Å²) in [5.74, 6) is 0.442. The monoisotopic (exact) mass is 493 g/mol. The molecule has 0 bridgehead atoms. The highest BCUT2D eigenvalue weighted by Crippen LogP contribution is 2.18. The standard InChI is InChI=1S/C13H12N2O2.C13H13N2S.ClH/c16-13(17)15-12-8-6-11(7-9-12)14-10-4-2-1-3-5-10;1-2-10-5-7-11(8-6-10)15-13(14)12-4-3-9-16-12;/h1-9,14-15H,(H,16,17);3-9H,1-2H2,(H2,14,15);1H. The van der Waals surface area contributed by atoms with E-state index in [4.69, 9.17) is 10.5 Å². The molecule has 1 heterocycles. The predicted octanol–water partition coefficient (Wildman–Crippen LogP) is 7.50. The molecule has 175 valence electrons. The smallest absolute Gasteiger partial charge is 0.409 e. The molecule has 0 unspecified atom stereocenters. The summed E-state index contributed by atoms with van der Waals surface area (Å²) in [6, 6.07) is 28.7. The van der Waals surface area contributed by atoms with Gasteiger partial charge in [-0.1, -0.05) is 36.4 Å². The molecule has 34 heavy (non-hydrogen) atoms. The SMILES string of the molecule is Cl.O=C(O)Nc1ccc(Nc2ccccc2)cc1.[CH2]Cc1ccc(NC(=N)c2cccs2)cc1. The van der Waals surface area contributed by atoms with Crippen LogP contribution >= 0.6 is 23.7 Å². The Bertz CT molecular complexity index is 1150. The molecule has 0 atom stereocenters. The fourth-order valence-corrected chi connectivity index (χ4v) is 3.46. The van der Waals surface area contributed by atoms with Crippen molar-refractivity contribution in [2.75, 3.05) is 16.0 Å². The lowest BCUT2D eigenvalue weighted by molar-refractivity contribution is 0.209. The number of anilines is 4. The molecule has 1 radical (unpaired) electrons. The van der Waals surface area contributed by atoms with Crippen molar-refractivity contribution >= 4 is 58.4 Å². The molecular formula is C26H26ClN4O2S. The first-order chi connectivity index (χ1) is 16.0. The van der Waals surface area contributed by atoms with Crippen LogP contribution in [0.25, 0.3) is 0 Å². The van der Waals surface area contributed by atoms with E-state index < -0.39 is 6.09 Å². The van der Waals surface area contributed by atoms with Crippen LogP contribution in [0.1, 0.15) is 10.4 Å². The zero-order valence-electron chi connectivity index (χ0n) is 18.3. The highest BCUT2D eigenvalue weighted by Gasteiger charge is 2.02. The molecule has 0 aliphatic rings. The second-order valence-corrected chi connectivity index (χ2v) is 7.87. The maximum atomic E-state index is 10.4. The quantitative estimate of drug-likeness (QED) is 0.142. The summed E-state index contributed by atoms with van der Waals surface area (Å²) in [7, 11) is 0. The molecule has 1 amide bonds. The van der Waals surface area contributed by atoms with E-state index in [2.05, 4.69) is 22.9 Å². The first-order valence-corrected chi connectivity index (χ1v) is 11.1. The summed E-state index contributed by atoms with van der Waals surface area (Å²) in [6.45, 7) is 3.83. The number of nitrogens with one attached hydrogen (secondary N) is 4. The van der Waals surface area contributed by atoms with Crippen molar-refractivity contribution in [2.24, 2.45) is 0 Å². The number of carbonyl (C=O) groups is 1. The maximum absolute atomic E-state index is 10.4. The Morgan fingerprint density at radius 3 is 1.91 bits per heavy atom. The van der Waals surface area contributed by atoms with Crippen LogP contribution in [0.4, 0.5) is 27.5 Å². The topological polar surface area (TPSA) is 97.2 Å². The third-order valence-corrected chi connectivity index (χ3v) is 5.37. The number of hydrogen-bond donors (Lipinski definition) is 5. The third kappa shape index (κ3) is 8.61. The molecule has 1 aromatic heterocycles. The molecule has 4 aromatic rings. The molecular weight excluding hydrogens is 468 g/mol. The molecule has 4 rings (SSSR count). The minimum Gasteiger partial charge on any atom is -0.465 e. The minimum atomic E-state index is -1.06. The van der Waals surface area contributed by atoms with Gasteiger partial charge in [0, 0.05) is 22.7 Å². The zero-order valence-corrected chi connectivity index (χ0v) is 20.0. The lowest BCUT2D eigenvalue weighted by Crippen LogP contribution is -2.09. The van der Waals surface area contributed by atoms with Crippen LogP contribution in [0.3, 0.4) is 0 Å². The number of amidine groups is 1. The van der Waals surface area contributed by atoms with Gasteiger partial charge in [0.2, 0.25) is 0 Å². The molecule has 8 heteroatoms.